The standard InChI is InChI=1S/C26H20BrCl3N2O3S/c1-3-34-22-10-16(17(27)12-23(22)35-13-15-7-8-19(29)20(30)9-15)11-24-25(33)32-26(36-24)31-21-6-4-5-18(28)14(21)2/h4-12H,3,13H2,1-2H3,(H,31,32,33)/b24-11+. The molecule has 36 heavy (non-hydrogen) atoms. The molecule has 3 aromatic rings. The van der Waals surface area contributed by atoms with Crippen LogP contribution in [0.1, 0.15) is 23.6 Å². The van der Waals surface area contributed by atoms with Crippen molar-refractivity contribution in [1.29, 1.82) is 0 Å². The lowest BCUT2D eigenvalue weighted by atomic mass is 10.1. The van der Waals surface area contributed by atoms with E-state index in [0.29, 0.717) is 48.9 Å². The number of carbonyl (C=O) groups excluding carboxylic acids is 1. The van der Waals surface area contributed by atoms with Crippen molar-refractivity contribution in [2.75, 3.05) is 6.61 Å². The molecule has 1 fully saturated rings. The van der Waals surface area contributed by atoms with Gasteiger partial charge in [-0.15, -0.1) is 0 Å². The third-order valence-electron chi connectivity index (χ3n) is 5.14. The van der Waals surface area contributed by atoms with Crippen LogP contribution in [0.25, 0.3) is 6.08 Å². The average Bonchev–Trinajstić information content (AvgIpc) is 3.18. The molecule has 0 unspecified atom stereocenters. The molecule has 0 spiro atoms. The largest absolute Gasteiger partial charge is 0.490 e. The molecule has 5 nitrogen and oxygen atoms in total. The maximum atomic E-state index is 12.6. The molecule has 1 aliphatic heterocycles. The predicted octanol–water partition coefficient (Wildman–Crippen LogP) is 8.59. The second-order valence-corrected chi connectivity index (χ2v) is 10.8. The fourth-order valence-corrected chi connectivity index (χ4v) is 5.03. The highest BCUT2D eigenvalue weighted by Gasteiger charge is 2.25. The second kappa shape index (κ2) is 11.9. The Morgan fingerprint density at radius 3 is 2.56 bits per heavy atom. The number of carbonyl (C=O) groups is 1. The second-order valence-electron chi connectivity index (χ2n) is 7.66. The van der Waals surface area contributed by atoms with E-state index in [1.54, 1.807) is 24.3 Å². The van der Waals surface area contributed by atoms with E-state index in [9.17, 15) is 4.79 Å². The smallest absolute Gasteiger partial charge is 0.264 e. The van der Waals surface area contributed by atoms with E-state index in [1.807, 2.05) is 44.2 Å². The molecule has 186 valence electrons. The first-order chi connectivity index (χ1) is 17.2. The molecule has 1 N–H and O–H groups in total. The quantitative estimate of drug-likeness (QED) is 0.267. The van der Waals surface area contributed by atoms with E-state index in [1.165, 1.54) is 11.8 Å². The van der Waals surface area contributed by atoms with Crippen LogP contribution in [0.4, 0.5) is 5.69 Å². The van der Waals surface area contributed by atoms with Crippen LogP contribution in [0.5, 0.6) is 11.5 Å². The lowest BCUT2D eigenvalue weighted by Crippen LogP contribution is -2.19. The molecular formula is C26H20BrCl3N2O3S. The summed E-state index contributed by atoms with van der Waals surface area (Å²) in [6.07, 6.45) is 1.78. The predicted molar refractivity (Wildman–Crippen MR) is 153 cm³/mol. The van der Waals surface area contributed by atoms with Gasteiger partial charge < -0.3 is 14.8 Å². The van der Waals surface area contributed by atoms with Crippen molar-refractivity contribution < 1.29 is 14.3 Å². The normalized spacial score (nSPS) is 15.4. The highest BCUT2D eigenvalue weighted by molar-refractivity contribution is 9.10. The topological polar surface area (TPSA) is 59.9 Å². The zero-order valence-corrected chi connectivity index (χ0v) is 23.9. The van der Waals surface area contributed by atoms with Gasteiger partial charge in [0, 0.05) is 9.50 Å². The summed E-state index contributed by atoms with van der Waals surface area (Å²) in [5.41, 5.74) is 3.18. The Bertz CT molecular complexity index is 1400. The van der Waals surface area contributed by atoms with Gasteiger partial charge in [0.15, 0.2) is 16.7 Å². The Balaban J connectivity index is 1.57. The molecule has 3 aromatic carbocycles. The zero-order chi connectivity index (χ0) is 25.8. The van der Waals surface area contributed by atoms with Crippen LogP contribution in [0, 0.1) is 6.92 Å². The highest BCUT2D eigenvalue weighted by Crippen LogP contribution is 2.38. The number of thioether (sulfide) groups is 1. The summed E-state index contributed by atoms with van der Waals surface area (Å²) < 4.78 is 12.6. The van der Waals surface area contributed by atoms with Crippen LogP contribution in [0.2, 0.25) is 15.1 Å². The number of hydrogen-bond acceptors (Lipinski definition) is 5. The summed E-state index contributed by atoms with van der Waals surface area (Å²) in [5, 5.41) is 4.87. The van der Waals surface area contributed by atoms with Crippen molar-refractivity contribution in [2.45, 2.75) is 20.5 Å². The molecule has 1 amide bonds. The number of ether oxygens (including phenoxy) is 2. The van der Waals surface area contributed by atoms with Crippen molar-refractivity contribution in [3.05, 3.63) is 89.7 Å². The number of rotatable bonds is 7. The van der Waals surface area contributed by atoms with Crippen molar-refractivity contribution >= 4 is 85.3 Å². The van der Waals surface area contributed by atoms with Gasteiger partial charge in [-0.1, -0.05) is 62.9 Å². The van der Waals surface area contributed by atoms with Crippen LogP contribution in [0.15, 0.2) is 62.9 Å². The Kier molecular flexibility index (Phi) is 8.91. The van der Waals surface area contributed by atoms with Crippen LogP contribution >= 0.6 is 62.5 Å². The van der Waals surface area contributed by atoms with Gasteiger partial charge in [0.05, 0.1) is 27.2 Å². The monoisotopic (exact) mass is 624 g/mol. The summed E-state index contributed by atoms with van der Waals surface area (Å²) >= 11 is 23.1. The number of halogens is 4. The summed E-state index contributed by atoms with van der Waals surface area (Å²) in [6.45, 7) is 4.51. The minimum absolute atomic E-state index is 0.233. The number of amides is 1. The fourth-order valence-electron chi connectivity index (χ4n) is 3.28. The maximum Gasteiger partial charge on any atom is 0.264 e. The number of nitrogens with zero attached hydrogens (tertiary/aromatic N) is 1. The zero-order valence-electron chi connectivity index (χ0n) is 19.2. The number of benzene rings is 3. The first-order valence-corrected chi connectivity index (χ1v) is 13.6. The van der Waals surface area contributed by atoms with Crippen molar-refractivity contribution in [2.24, 2.45) is 4.99 Å². The van der Waals surface area contributed by atoms with E-state index in [-0.39, 0.29) is 12.5 Å². The minimum Gasteiger partial charge on any atom is -0.490 e. The molecular weight excluding hydrogens is 607 g/mol. The van der Waals surface area contributed by atoms with Gasteiger partial charge in [0.1, 0.15) is 6.61 Å². The molecule has 0 aliphatic carbocycles. The summed E-state index contributed by atoms with van der Waals surface area (Å²) in [5.74, 6) is 0.877. The number of aliphatic imine (C=N–C) groups is 1. The third kappa shape index (κ3) is 6.39. The van der Waals surface area contributed by atoms with Gasteiger partial charge in [0.2, 0.25) is 0 Å². The van der Waals surface area contributed by atoms with Gasteiger partial charge in [-0.2, -0.15) is 0 Å². The lowest BCUT2D eigenvalue weighted by molar-refractivity contribution is -0.115. The maximum absolute atomic E-state index is 12.6. The SMILES string of the molecule is CCOc1cc(/C=C2/SC(=Nc3cccc(Cl)c3C)NC2=O)c(Br)cc1OCc1ccc(Cl)c(Cl)c1. The van der Waals surface area contributed by atoms with E-state index in [4.69, 9.17) is 44.3 Å². The molecule has 0 atom stereocenters. The average molecular weight is 627 g/mol. The van der Waals surface area contributed by atoms with Gasteiger partial charge in [0.25, 0.3) is 5.91 Å². The number of amidine groups is 1. The minimum atomic E-state index is -0.233. The molecule has 4 rings (SSSR count). The van der Waals surface area contributed by atoms with Crippen molar-refractivity contribution in [3.8, 4) is 11.5 Å². The van der Waals surface area contributed by atoms with Gasteiger partial charge in [-0.05, 0) is 84.8 Å². The van der Waals surface area contributed by atoms with Crippen LogP contribution in [-0.2, 0) is 11.4 Å². The Morgan fingerprint density at radius 2 is 1.81 bits per heavy atom. The molecule has 0 saturated carbocycles. The van der Waals surface area contributed by atoms with Gasteiger partial charge in [-0.3, -0.25) is 4.79 Å². The van der Waals surface area contributed by atoms with Crippen LogP contribution in [-0.4, -0.2) is 17.7 Å². The Morgan fingerprint density at radius 1 is 1.03 bits per heavy atom. The third-order valence-corrected chi connectivity index (χ3v) is 7.88. The molecule has 10 heteroatoms. The molecule has 1 heterocycles. The first-order valence-electron chi connectivity index (χ1n) is 10.8. The Labute approximate surface area is 237 Å². The van der Waals surface area contributed by atoms with E-state index < -0.39 is 0 Å². The van der Waals surface area contributed by atoms with Crippen LogP contribution in [0.3, 0.4) is 0 Å². The van der Waals surface area contributed by atoms with Crippen molar-refractivity contribution in [3.63, 3.8) is 0 Å². The fraction of sp³-hybridized carbons (Fsp3) is 0.154. The molecule has 0 bridgehead atoms. The molecule has 0 aromatic heterocycles. The molecule has 1 saturated heterocycles. The van der Waals surface area contributed by atoms with E-state index >= 15 is 0 Å². The summed E-state index contributed by atoms with van der Waals surface area (Å²) in [7, 11) is 0. The van der Waals surface area contributed by atoms with Crippen molar-refractivity contribution in [1.82, 2.24) is 5.32 Å². The number of nitrogens with one attached hydrogen (secondary N) is 1. The van der Waals surface area contributed by atoms with Crippen LogP contribution < -0.4 is 14.8 Å². The van der Waals surface area contributed by atoms with E-state index in [2.05, 4.69) is 26.2 Å². The molecule has 0 radical (unpaired) electrons. The van der Waals surface area contributed by atoms with Gasteiger partial charge >= 0.3 is 0 Å². The summed E-state index contributed by atoms with van der Waals surface area (Å²) in [6, 6.07) is 14.5. The Hall–Kier alpha value is -2.16. The molecule has 1 aliphatic rings. The highest BCUT2D eigenvalue weighted by atomic mass is 79.9. The lowest BCUT2D eigenvalue weighted by Gasteiger charge is -2.14. The van der Waals surface area contributed by atoms with E-state index in [0.717, 1.165) is 21.2 Å². The first kappa shape index (κ1) is 26.9. The summed E-state index contributed by atoms with van der Waals surface area (Å²) in [4.78, 5) is 17.7. The number of hydrogen-bond donors (Lipinski definition) is 1. The van der Waals surface area contributed by atoms with Gasteiger partial charge in [-0.25, -0.2) is 4.99 Å².